The van der Waals surface area contributed by atoms with Crippen molar-refractivity contribution in [3.63, 3.8) is 0 Å². The summed E-state index contributed by atoms with van der Waals surface area (Å²) < 4.78 is 56.1. The predicted octanol–water partition coefficient (Wildman–Crippen LogP) is 4.30. The van der Waals surface area contributed by atoms with Gasteiger partial charge < -0.3 is 10.1 Å². The highest BCUT2D eigenvalue weighted by atomic mass is 19.4. The summed E-state index contributed by atoms with van der Waals surface area (Å²) in [5.74, 6) is -0.467. The Labute approximate surface area is 121 Å². The minimum Gasteiger partial charge on any atom is -0.405 e. The minimum absolute atomic E-state index is 0.0207. The number of benzene rings is 1. The normalized spacial score (nSPS) is 22.6. The van der Waals surface area contributed by atoms with Crippen LogP contribution in [0.1, 0.15) is 38.2 Å². The highest BCUT2D eigenvalue weighted by Crippen LogP contribution is 2.39. The van der Waals surface area contributed by atoms with Gasteiger partial charge in [-0.25, -0.2) is 4.39 Å². The van der Waals surface area contributed by atoms with Crippen molar-refractivity contribution in [1.29, 1.82) is 0 Å². The number of hydrogen-bond acceptors (Lipinski definition) is 2. The monoisotopic (exact) mass is 305 g/mol. The second-order valence-electron chi connectivity index (χ2n) is 5.59. The fraction of sp³-hybridized carbons (Fsp3) is 0.600. The molecule has 1 aromatic rings. The molecule has 2 rings (SSSR count). The van der Waals surface area contributed by atoms with Crippen LogP contribution in [0, 0.1) is 0 Å². The SMILES string of the molecule is CC(F)(CC1CCCCN1)c1ccccc1OC(F)(F)F. The lowest BCUT2D eigenvalue weighted by atomic mass is 9.87. The summed E-state index contributed by atoms with van der Waals surface area (Å²) in [7, 11) is 0. The fourth-order valence-corrected chi connectivity index (χ4v) is 2.78. The summed E-state index contributed by atoms with van der Waals surface area (Å²) in [6.07, 6.45) is -1.80. The molecule has 0 spiro atoms. The number of alkyl halides is 4. The fourth-order valence-electron chi connectivity index (χ4n) is 2.78. The molecule has 0 amide bonds. The second kappa shape index (κ2) is 6.22. The quantitative estimate of drug-likeness (QED) is 0.837. The van der Waals surface area contributed by atoms with Crippen molar-refractivity contribution in [3.05, 3.63) is 29.8 Å². The van der Waals surface area contributed by atoms with Crippen molar-refractivity contribution < 1.29 is 22.3 Å². The maximum absolute atomic E-state index is 15.0. The first-order valence-electron chi connectivity index (χ1n) is 7.05. The number of para-hydroxylation sites is 1. The Balaban J connectivity index is 2.18. The van der Waals surface area contributed by atoms with Gasteiger partial charge in [0.1, 0.15) is 11.4 Å². The smallest absolute Gasteiger partial charge is 0.405 e. The third-order valence-corrected chi connectivity index (χ3v) is 3.72. The van der Waals surface area contributed by atoms with Gasteiger partial charge in [0, 0.05) is 18.0 Å². The van der Waals surface area contributed by atoms with Gasteiger partial charge in [0.05, 0.1) is 0 Å². The zero-order valence-corrected chi connectivity index (χ0v) is 11.8. The number of halogens is 4. The van der Waals surface area contributed by atoms with E-state index in [0.717, 1.165) is 31.9 Å². The molecule has 21 heavy (non-hydrogen) atoms. The van der Waals surface area contributed by atoms with Crippen molar-refractivity contribution in [2.45, 2.75) is 50.7 Å². The van der Waals surface area contributed by atoms with Crippen LogP contribution in [-0.4, -0.2) is 18.9 Å². The number of piperidine rings is 1. The van der Waals surface area contributed by atoms with Gasteiger partial charge in [0.15, 0.2) is 0 Å². The lowest BCUT2D eigenvalue weighted by Crippen LogP contribution is -2.38. The summed E-state index contributed by atoms with van der Waals surface area (Å²) in [5.41, 5.74) is -1.94. The number of rotatable bonds is 4. The van der Waals surface area contributed by atoms with Crippen LogP contribution < -0.4 is 10.1 Å². The van der Waals surface area contributed by atoms with Crippen LogP contribution in [-0.2, 0) is 5.67 Å². The topological polar surface area (TPSA) is 21.3 Å². The summed E-state index contributed by atoms with van der Waals surface area (Å²) in [4.78, 5) is 0. The van der Waals surface area contributed by atoms with Crippen molar-refractivity contribution in [2.75, 3.05) is 6.54 Å². The molecule has 0 aromatic heterocycles. The Morgan fingerprint density at radius 3 is 2.52 bits per heavy atom. The standard InChI is InChI=1S/C15H19F4NO/c1-14(16,10-11-6-4-5-9-20-11)12-7-2-3-8-13(12)21-15(17,18)19/h2-3,7-8,11,20H,4-6,9-10H2,1H3. The van der Waals surface area contributed by atoms with Gasteiger partial charge in [-0.3, -0.25) is 0 Å². The lowest BCUT2D eigenvalue weighted by molar-refractivity contribution is -0.275. The number of hydrogen-bond donors (Lipinski definition) is 1. The molecule has 0 aliphatic carbocycles. The van der Waals surface area contributed by atoms with Gasteiger partial charge in [0.25, 0.3) is 0 Å². The molecule has 1 aliphatic heterocycles. The van der Waals surface area contributed by atoms with E-state index in [1.54, 1.807) is 0 Å². The van der Waals surface area contributed by atoms with Crippen LogP contribution in [0.5, 0.6) is 5.75 Å². The zero-order valence-electron chi connectivity index (χ0n) is 11.8. The molecule has 2 atom stereocenters. The largest absolute Gasteiger partial charge is 0.573 e. The molecule has 6 heteroatoms. The van der Waals surface area contributed by atoms with Gasteiger partial charge >= 0.3 is 6.36 Å². The van der Waals surface area contributed by atoms with E-state index >= 15 is 0 Å². The average Bonchev–Trinajstić information content (AvgIpc) is 2.38. The van der Waals surface area contributed by atoms with Crippen molar-refractivity contribution in [3.8, 4) is 5.75 Å². The molecule has 1 aromatic carbocycles. The summed E-state index contributed by atoms with van der Waals surface area (Å²) in [6, 6.07) is 5.40. The van der Waals surface area contributed by atoms with Crippen LogP contribution in [0.3, 0.4) is 0 Å². The van der Waals surface area contributed by atoms with Crippen LogP contribution in [0.15, 0.2) is 24.3 Å². The molecule has 1 heterocycles. The molecule has 1 fully saturated rings. The average molecular weight is 305 g/mol. The van der Waals surface area contributed by atoms with Crippen LogP contribution in [0.2, 0.25) is 0 Å². The third kappa shape index (κ3) is 4.59. The lowest BCUT2D eigenvalue weighted by Gasteiger charge is -2.31. The van der Waals surface area contributed by atoms with E-state index in [4.69, 9.17) is 0 Å². The first-order valence-corrected chi connectivity index (χ1v) is 7.05. The molecule has 0 bridgehead atoms. The molecule has 1 saturated heterocycles. The molecule has 2 unspecified atom stereocenters. The van der Waals surface area contributed by atoms with Gasteiger partial charge in [-0.15, -0.1) is 13.2 Å². The first kappa shape index (κ1) is 16.1. The van der Waals surface area contributed by atoms with Gasteiger partial charge in [-0.1, -0.05) is 24.6 Å². The van der Waals surface area contributed by atoms with E-state index < -0.39 is 17.8 Å². The highest BCUT2D eigenvalue weighted by molar-refractivity contribution is 5.38. The van der Waals surface area contributed by atoms with Crippen molar-refractivity contribution in [1.82, 2.24) is 5.32 Å². The molecule has 1 N–H and O–H groups in total. The van der Waals surface area contributed by atoms with Gasteiger partial charge in [-0.05, 0) is 32.4 Å². The van der Waals surface area contributed by atoms with Crippen LogP contribution >= 0.6 is 0 Å². The zero-order chi connectivity index (χ0) is 15.5. The van der Waals surface area contributed by atoms with Crippen LogP contribution in [0.25, 0.3) is 0 Å². The summed E-state index contributed by atoms with van der Waals surface area (Å²) in [6.45, 7) is 2.13. The van der Waals surface area contributed by atoms with E-state index in [0.29, 0.717) is 0 Å². The maximum Gasteiger partial charge on any atom is 0.573 e. The second-order valence-corrected chi connectivity index (χ2v) is 5.59. The molecule has 0 radical (unpaired) electrons. The summed E-state index contributed by atoms with van der Waals surface area (Å²) >= 11 is 0. The molecular weight excluding hydrogens is 286 g/mol. The Morgan fingerprint density at radius 2 is 1.90 bits per heavy atom. The van der Waals surface area contributed by atoms with E-state index in [-0.39, 0.29) is 18.0 Å². The number of ether oxygens (including phenoxy) is 1. The Bertz CT molecular complexity index is 467. The van der Waals surface area contributed by atoms with E-state index in [2.05, 4.69) is 10.1 Å². The van der Waals surface area contributed by atoms with Gasteiger partial charge in [-0.2, -0.15) is 0 Å². The summed E-state index contributed by atoms with van der Waals surface area (Å²) in [5, 5.41) is 3.21. The van der Waals surface area contributed by atoms with E-state index in [1.165, 1.54) is 25.1 Å². The molecular formula is C15H19F4NO. The van der Waals surface area contributed by atoms with Crippen LogP contribution in [0.4, 0.5) is 17.6 Å². The van der Waals surface area contributed by atoms with E-state index in [1.807, 2.05) is 0 Å². The van der Waals surface area contributed by atoms with Crippen molar-refractivity contribution >= 4 is 0 Å². The number of nitrogens with one attached hydrogen (secondary N) is 1. The Morgan fingerprint density at radius 1 is 1.19 bits per heavy atom. The molecule has 0 saturated carbocycles. The third-order valence-electron chi connectivity index (χ3n) is 3.72. The Hall–Kier alpha value is -1.30. The maximum atomic E-state index is 15.0. The molecule has 1 aliphatic rings. The van der Waals surface area contributed by atoms with Crippen molar-refractivity contribution in [2.24, 2.45) is 0 Å². The highest BCUT2D eigenvalue weighted by Gasteiger charge is 2.37. The first-order chi connectivity index (χ1) is 9.78. The molecule has 118 valence electrons. The minimum atomic E-state index is -4.82. The Kier molecular flexibility index (Phi) is 4.76. The predicted molar refractivity (Wildman–Crippen MR) is 71.8 cm³/mol. The van der Waals surface area contributed by atoms with E-state index in [9.17, 15) is 17.6 Å². The van der Waals surface area contributed by atoms with Gasteiger partial charge in [0.2, 0.25) is 0 Å². The molecule has 2 nitrogen and oxygen atoms in total.